The van der Waals surface area contributed by atoms with E-state index < -0.39 is 0 Å². The molecular formula is C15H25IN4O. The van der Waals surface area contributed by atoms with E-state index in [0.717, 1.165) is 18.5 Å². The minimum atomic E-state index is -0.0715. The Hall–Kier alpha value is -1.31. The van der Waals surface area contributed by atoms with Crippen molar-refractivity contribution in [3.05, 3.63) is 35.4 Å². The van der Waals surface area contributed by atoms with Gasteiger partial charge in [0, 0.05) is 25.7 Å². The monoisotopic (exact) mass is 404 g/mol. The van der Waals surface area contributed by atoms with Gasteiger partial charge in [-0.1, -0.05) is 26.0 Å². The van der Waals surface area contributed by atoms with Crippen LogP contribution in [-0.2, 0) is 6.42 Å². The molecule has 0 aliphatic carbocycles. The van der Waals surface area contributed by atoms with E-state index in [2.05, 4.69) is 29.5 Å². The fourth-order valence-corrected chi connectivity index (χ4v) is 1.68. The molecule has 5 nitrogen and oxygen atoms in total. The van der Waals surface area contributed by atoms with Gasteiger partial charge in [0.2, 0.25) is 0 Å². The van der Waals surface area contributed by atoms with Crippen LogP contribution >= 0.6 is 24.0 Å². The van der Waals surface area contributed by atoms with Gasteiger partial charge in [-0.25, -0.2) is 0 Å². The lowest BCUT2D eigenvalue weighted by Crippen LogP contribution is -2.33. The first kappa shape index (κ1) is 19.7. The third-order valence-electron chi connectivity index (χ3n) is 2.76. The highest BCUT2D eigenvalue weighted by molar-refractivity contribution is 14.0. The van der Waals surface area contributed by atoms with Crippen molar-refractivity contribution >= 4 is 35.8 Å². The molecule has 0 fully saturated rings. The Labute approximate surface area is 143 Å². The first-order valence-corrected chi connectivity index (χ1v) is 6.87. The Balaban J connectivity index is 0.00000400. The molecule has 21 heavy (non-hydrogen) atoms. The molecule has 0 aliphatic heterocycles. The summed E-state index contributed by atoms with van der Waals surface area (Å²) >= 11 is 0. The van der Waals surface area contributed by atoms with Crippen LogP contribution < -0.4 is 16.4 Å². The number of nitrogens with zero attached hydrogens (tertiary/aromatic N) is 1. The first-order chi connectivity index (χ1) is 9.52. The van der Waals surface area contributed by atoms with Crippen LogP contribution in [0.1, 0.15) is 29.8 Å². The number of halogens is 1. The van der Waals surface area contributed by atoms with Crippen molar-refractivity contribution in [3.63, 3.8) is 0 Å². The van der Waals surface area contributed by atoms with Crippen LogP contribution in [0.4, 0.5) is 0 Å². The topological polar surface area (TPSA) is 79.5 Å². The standard InChI is InChI=1S/C15H24N4O.HI/c1-11(2)10-19-15(16)18-8-7-12-5-4-6-13(9-12)14(20)17-3;/h4-6,9,11H,7-8,10H2,1-3H3,(H,17,20)(H3,16,18,19);1H. The second kappa shape index (κ2) is 10.4. The third kappa shape index (κ3) is 7.89. The van der Waals surface area contributed by atoms with Crippen LogP contribution in [0.25, 0.3) is 0 Å². The van der Waals surface area contributed by atoms with Crippen molar-refractivity contribution in [2.45, 2.75) is 20.3 Å². The lowest BCUT2D eigenvalue weighted by Gasteiger charge is -2.08. The summed E-state index contributed by atoms with van der Waals surface area (Å²) in [5, 5.41) is 5.69. The van der Waals surface area contributed by atoms with E-state index in [-0.39, 0.29) is 29.9 Å². The number of nitrogens with one attached hydrogen (secondary N) is 2. The molecule has 0 heterocycles. The normalized spacial score (nSPS) is 11.0. The number of guanidine groups is 1. The number of aliphatic imine (C=N–C) groups is 1. The molecule has 0 unspecified atom stereocenters. The van der Waals surface area contributed by atoms with E-state index in [0.29, 0.717) is 24.0 Å². The van der Waals surface area contributed by atoms with Gasteiger partial charge < -0.3 is 16.4 Å². The van der Waals surface area contributed by atoms with Gasteiger partial charge in [-0.3, -0.25) is 9.79 Å². The highest BCUT2D eigenvalue weighted by atomic mass is 127. The lowest BCUT2D eigenvalue weighted by atomic mass is 10.1. The zero-order valence-electron chi connectivity index (χ0n) is 12.8. The molecule has 0 atom stereocenters. The predicted molar refractivity (Wildman–Crippen MR) is 98.3 cm³/mol. The van der Waals surface area contributed by atoms with Crippen LogP contribution in [0.2, 0.25) is 0 Å². The molecule has 0 aromatic heterocycles. The molecule has 0 aliphatic rings. The average Bonchev–Trinajstić information content (AvgIpc) is 2.44. The van der Waals surface area contributed by atoms with Gasteiger partial charge in [-0.15, -0.1) is 24.0 Å². The van der Waals surface area contributed by atoms with Crippen LogP contribution in [0.5, 0.6) is 0 Å². The molecule has 1 rings (SSSR count). The second-order valence-corrected chi connectivity index (χ2v) is 5.08. The molecule has 0 saturated heterocycles. The Morgan fingerprint density at radius 1 is 1.38 bits per heavy atom. The average molecular weight is 404 g/mol. The molecule has 1 aromatic carbocycles. The summed E-state index contributed by atoms with van der Waals surface area (Å²) in [7, 11) is 1.63. The van der Waals surface area contributed by atoms with Crippen molar-refractivity contribution in [2.24, 2.45) is 16.6 Å². The second-order valence-electron chi connectivity index (χ2n) is 5.08. The summed E-state index contributed by atoms with van der Waals surface area (Å²) in [6.45, 7) is 5.62. The predicted octanol–water partition coefficient (Wildman–Crippen LogP) is 1.77. The van der Waals surface area contributed by atoms with E-state index >= 15 is 0 Å². The van der Waals surface area contributed by atoms with Crippen LogP contribution in [0, 0.1) is 5.92 Å². The number of carbonyl (C=O) groups excluding carboxylic acids is 1. The first-order valence-electron chi connectivity index (χ1n) is 6.87. The summed E-state index contributed by atoms with van der Waals surface area (Å²) < 4.78 is 0. The molecular weight excluding hydrogens is 379 g/mol. The van der Waals surface area contributed by atoms with Crippen LogP contribution in [0.3, 0.4) is 0 Å². The number of hydrogen-bond acceptors (Lipinski definition) is 2. The molecule has 1 amide bonds. The fraction of sp³-hybridized carbons (Fsp3) is 0.467. The highest BCUT2D eigenvalue weighted by Gasteiger charge is 2.03. The Kier molecular flexibility index (Phi) is 9.77. The summed E-state index contributed by atoms with van der Waals surface area (Å²) in [5.74, 6) is 0.901. The van der Waals surface area contributed by atoms with E-state index in [4.69, 9.17) is 5.73 Å². The quantitative estimate of drug-likeness (QED) is 0.384. The molecule has 0 radical (unpaired) electrons. The Morgan fingerprint density at radius 2 is 2.10 bits per heavy atom. The zero-order valence-corrected chi connectivity index (χ0v) is 15.2. The van der Waals surface area contributed by atoms with E-state index in [9.17, 15) is 4.79 Å². The Bertz CT molecular complexity index is 474. The van der Waals surface area contributed by atoms with Gasteiger partial charge in [0.25, 0.3) is 5.91 Å². The summed E-state index contributed by atoms with van der Waals surface area (Å²) in [6.07, 6.45) is 0.794. The number of benzene rings is 1. The number of rotatable bonds is 6. The number of amides is 1. The highest BCUT2D eigenvalue weighted by Crippen LogP contribution is 2.05. The SMILES string of the molecule is CNC(=O)c1cccc(CCNC(N)=NCC(C)C)c1.I. The van der Waals surface area contributed by atoms with Gasteiger partial charge in [-0.05, 0) is 30.0 Å². The van der Waals surface area contributed by atoms with Crippen molar-refractivity contribution in [1.82, 2.24) is 10.6 Å². The van der Waals surface area contributed by atoms with E-state index in [1.807, 2.05) is 18.2 Å². The van der Waals surface area contributed by atoms with Gasteiger partial charge in [-0.2, -0.15) is 0 Å². The van der Waals surface area contributed by atoms with Gasteiger partial charge in [0.05, 0.1) is 0 Å². The van der Waals surface area contributed by atoms with Crippen molar-refractivity contribution < 1.29 is 4.79 Å². The van der Waals surface area contributed by atoms with Crippen molar-refractivity contribution in [2.75, 3.05) is 20.1 Å². The van der Waals surface area contributed by atoms with Crippen LogP contribution in [0.15, 0.2) is 29.3 Å². The molecule has 118 valence electrons. The Morgan fingerprint density at radius 3 is 2.71 bits per heavy atom. The fourth-order valence-electron chi connectivity index (χ4n) is 1.68. The number of hydrogen-bond donors (Lipinski definition) is 3. The summed E-state index contributed by atoms with van der Waals surface area (Å²) in [5.41, 5.74) is 7.53. The van der Waals surface area contributed by atoms with E-state index in [1.165, 1.54) is 0 Å². The van der Waals surface area contributed by atoms with Crippen LogP contribution in [-0.4, -0.2) is 32.0 Å². The van der Waals surface area contributed by atoms with Gasteiger partial charge >= 0.3 is 0 Å². The third-order valence-corrected chi connectivity index (χ3v) is 2.76. The largest absolute Gasteiger partial charge is 0.370 e. The number of carbonyl (C=O) groups is 1. The maximum absolute atomic E-state index is 11.5. The minimum Gasteiger partial charge on any atom is -0.370 e. The molecule has 0 spiro atoms. The zero-order chi connectivity index (χ0) is 15.0. The van der Waals surface area contributed by atoms with Crippen molar-refractivity contribution in [3.8, 4) is 0 Å². The minimum absolute atomic E-state index is 0. The summed E-state index contributed by atoms with van der Waals surface area (Å²) in [4.78, 5) is 15.8. The molecule has 1 aromatic rings. The number of nitrogens with two attached hydrogens (primary N) is 1. The smallest absolute Gasteiger partial charge is 0.251 e. The van der Waals surface area contributed by atoms with Gasteiger partial charge in [0.1, 0.15) is 0 Å². The maximum Gasteiger partial charge on any atom is 0.251 e. The summed E-state index contributed by atoms with van der Waals surface area (Å²) in [6, 6.07) is 7.57. The lowest BCUT2D eigenvalue weighted by molar-refractivity contribution is 0.0963. The van der Waals surface area contributed by atoms with Crippen molar-refractivity contribution in [1.29, 1.82) is 0 Å². The molecule has 6 heteroatoms. The van der Waals surface area contributed by atoms with E-state index in [1.54, 1.807) is 13.1 Å². The molecule has 4 N–H and O–H groups in total. The molecule has 0 saturated carbocycles. The van der Waals surface area contributed by atoms with Gasteiger partial charge in [0.15, 0.2) is 5.96 Å². The maximum atomic E-state index is 11.5. The molecule has 0 bridgehead atoms.